The van der Waals surface area contributed by atoms with E-state index in [9.17, 15) is 4.79 Å². The number of para-hydroxylation sites is 2. The first-order chi connectivity index (χ1) is 13.7. The van der Waals surface area contributed by atoms with E-state index in [1.54, 1.807) is 18.4 Å². The highest BCUT2D eigenvalue weighted by molar-refractivity contribution is 6.07. The van der Waals surface area contributed by atoms with E-state index in [4.69, 9.17) is 13.6 Å². The van der Waals surface area contributed by atoms with Crippen molar-refractivity contribution in [3.8, 4) is 5.75 Å². The van der Waals surface area contributed by atoms with Gasteiger partial charge in [0.2, 0.25) is 11.3 Å². The Balaban J connectivity index is 1.93. The Morgan fingerprint density at radius 1 is 1.25 bits per heavy atom. The monoisotopic (exact) mass is 372 g/mol. The van der Waals surface area contributed by atoms with Gasteiger partial charge >= 0.3 is 0 Å². The van der Waals surface area contributed by atoms with Crippen LogP contribution in [0.1, 0.15) is 11.1 Å². The number of methoxy groups -OCH3 is 1. The molecule has 0 saturated heterocycles. The minimum atomic E-state index is -0.217. The maximum atomic E-state index is 13.5. The van der Waals surface area contributed by atoms with Crippen LogP contribution in [-0.4, -0.2) is 13.3 Å². The van der Waals surface area contributed by atoms with Gasteiger partial charge in [0.25, 0.3) is 0 Å². The molecule has 6 heteroatoms. The van der Waals surface area contributed by atoms with Gasteiger partial charge in [0.1, 0.15) is 22.3 Å². The largest absolute Gasteiger partial charge is 0.495 e. The van der Waals surface area contributed by atoms with E-state index in [0.29, 0.717) is 40.2 Å². The van der Waals surface area contributed by atoms with Crippen molar-refractivity contribution in [2.45, 2.75) is 6.42 Å². The van der Waals surface area contributed by atoms with E-state index >= 15 is 0 Å². The van der Waals surface area contributed by atoms with Crippen molar-refractivity contribution in [3.63, 3.8) is 0 Å². The number of fused-ring (bicyclic) bond motifs is 4. The summed E-state index contributed by atoms with van der Waals surface area (Å²) in [5, 5.41) is 4.29. The molecule has 2 aromatic carbocycles. The van der Waals surface area contributed by atoms with Gasteiger partial charge in [-0.2, -0.15) is 0 Å². The van der Waals surface area contributed by atoms with Crippen LogP contribution in [0.5, 0.6) is 5.75 Å². The number of hydrogen-bond acceptors (Lipinski definition) is 6. The third kappa shape index (κ3) is 2.21. The Labute approximate surface area is 159 Å². The maximum absolute atomic E-state index is 13.5. The average Bonchev–Trinajstić information content (AvgIpc) is 3.10. The molecule has 1 N–H and O–H groups in total. The van der Waals surface area contributed by atoms with Gasteiger partial charge in [-0.1, -0.05) is 18.2 Å². The van der Waals surface area contributed by atoms with Crippen LogP contribution in [0.4, 0.5) is 17.3 Å². The van der Waals surface area contributed by atoms with Crippen molar-refractivity contribution < 1.29 is 13.6 Å². The molecule has 0 unspecified atom stereocenters. The molecule has 0 fully saturated rings. The van der Waals surface area contributed by atoms with Gasteiger partial charge in [-0.3, -0.25) is 9.79 Å². The zero-order chi connectivity index (χ0) is 19.3. The van der Waals surface area contributed by atoms with Crippen molar-refractivity contribution in [2.75, 3.05) is 12.4 Å². The quantitative estimate of drug-likeness (QED) is 0.447. The molecule has 138 valence electrons. The third-order valence-corrected chi connectivity index (χ3v) is 4.87. The molecule has 5 rings (SSSR count). The summed E-state index contributed by atoms with van der Waals surface area (Å²) in [5.74, 6) is 0.766. The zero-order valence-electron chi connectivity index (χ0n) is 15.1. The number of benzene rings is 2. The van der Waals surface area contributed by atoms with Crippen molar-refractivity contribution in [3.05, 3.63) is 70.6 Å². The van der Waals surface area contributed by atoms with Gasteiger partial charge in [-0.15, -0.1) is 6.58 Å². The summed E-state index contributed by atoms with van der Waals surface area (Å²) in [7, 11) is 1.53. The summed E-state index contributed by atoms with van der Waals surface area (Å²) in [6.07, 6.45) is 5.34. The highest BCUT2D eigenvalue weighted by Gasteiger charge is 2.25. The Morgan fingerprint density at radius 3 is 2.93 bits per heavy atom. The molecule has 1 aliphatic heterocycles. The third-order valence-electron chi connectivity index (χ3n) is 4.87. The molecule has 4 aromatic rings. The average molecular weight is 372 g/mol. The van der Waals surface area contributed by atoms with Crippen molar-refractivity contribution in [1.82, 2.24) is 0 Å². The number of furan rings is 1. The minimum absolute atomic E-state index is 0.217. The SMILES string of the molecule is C=CCc1c2occc2c(OC)c2c(=O)c3c(oc12)Nc1ccccc1N=C3. The minimum Gasteiger partial charge on any atom is -0.495 e. The standard InChI is InChI=1S/C22H16N2O4/c1-3-6-12-19-13(9-10-27-19)20(26-2)17-18(25)14-11-23-15-7-4-5-8-16(15)24-22(14)28-21(12)17/h3-5,7-11,24H,1,6H2,2H3. The first-order valence-electron chi connectivity index (χ1n) is 8.80. The molecule has 0 amide bonds. The van der Waals surface area contributed by atoms with E-state index in [1.165, 1.54) is 13.3 Å². The summed E-state index contributed by atoms with van der Waals surface area (Å²) in [5.41, 5.74) is 3.40. The van der Waals surface area contributed by atoms with Crippen molar-refractivity contribution in [2.24, 2.45) is 4.99 Å². The van der Waals surface area contributed by atoms with Crippen LogP contribution in [-0.2, 0) is 6.42 Å². The predicted molar refractivity (Wildman–Crippen MR) is 110 cm³/mol. The van der Waals surface area contributed by atoms with Gasteiger partial charge < -0.3 is 18.9 Å². The van der Waals surface area contributed by atoms with E-state index in [2.05, 4.69) is 16.9 Å². The Kier molecular flexibility index (Phi) is 3.58. The molecule has 3 heterocycles. The first kappa shape index (κ1) is 16.4. The van der Waals surface area contributed by atoms with E-state index in [1.807, 2.05) is 24.3 Å². The lowest BCUT2D eigenvalue weighted by atomic mass is 10.0. The number of allylic oxidation sites excluding steroid dienone is 1. The maximum Gasteiger partial charge on any atom is 0.210 e. The Hall–Kier alpha value is -3.80. The molecular weight excluding hydrogens is 356 g/mol. The fourth-order valence-electron chi connectivity index (χ4n) is 3.63. The summed E-state index contributed by atoms with van der Waals surface area (Å²) in [6, 6.07) is 9.31. The van der Waals surface area contributed by atoms with Crippen LogP contribution in [0.25, 0.3) is 21.9 Å². The molecule has 0 bridgehead atoms. The number of anilines is 2. The van der Waals surface area contributed by atoms with Crippen molar-refractivity contribution >= 4 is 45.4 Å². The van der Waals surface area contributed by atoms with E-state index in [0.717, 1.165) is 22.3 Å². The normalized spacial score (nSPS) is 12.3. The summed E-state index contributed by atoms with van der Waals surface area (Å²) in [4.78, 5) is 17.9. The second-order valence-electron chi connectivity index (χ2n) is 6.45. The summed E-state index contributed by atoms with van der Waals surface area (Å²) < 4.78 is 17.5. The molecule has 2 aromatic heterocycles. The van der Waals surface area contributed by atoms with Gasteiger partial charge in [0, 0.05) is 11.8 Å². The number of aliphatic imine (C=N–C) groups is 1. The lowest BCUT2D eigenvalue weighted by Crippen LogP contribution is -2.13. The van der Waals surface area contributed by atoms with E-state index < -0.39 is 0 Å². The van der Waals surface area contributed by atoms with Gasteiger partial charge in [-0.25, -0.2) is 0 Å². The molecule has 0 saturated carbocycles. The van der Waals surface area contributed by atoms with Crippen LogP contribution in [0, 0.1) is 0 Å². The fourth-order valence-corrected chi connectivity index (χ4v) is 3.63. The summed E-state index contributed by atoms with van der Waals surface area (Å²) in [6.45, 7) is 3.82. The smallest absolute Gasteiger partial charge is 0.210 e. The highest BCUT2D eigenvalue weighted by atomic mass is 16.5. The van der Waals surface area contributed by atoms with Gasteiger partial charge in [-0.05, 0) is 24.6 Å². The first-order valence-corrected chi connectivity index (χ1v) is 8.80. The molecule has 0 spiro atoms. The van der Waals surface area contributed by atoms with Crippen LogP contribution >= 0.6 is 0 Å². The van der Waals surface area contributed by atoms with Crippen LogP contribution in [0.15, 0.2) is 67.9 Å². The molecule has 0 atom stereocenters. The van der Waals surface area contributed by atoms with E-state index in [-0.39, 0.29) is 5.43 Å². The van der Waals surface area contributed by atoms with Gasteiger partial charge in [0.15, 0.2) is 5.58 Å². The molecule has 28 heavy (non-hydrogen) atoms. The number of nitrogens with zero attached hydrogens (tertiary/aromatic N) is 1. The molecule has 6 nitrogen and oxygen atoms in total. The lowest BCUT2D eigenvalue weighted by Gasteiger charge is -2.13. The topological polar surface area (TPSA) is 77.0 Å². The second kappa shape index (κ2) is 6.13. The van der Waals surface area contributed by atoms with Crippen molar-refractivity contribution in [1.29, 1.82) is 0 Å². The molecule has 1 aliphatic rings. The van der Waals surface area contributed by atoms with Crippen LogP contribution < -0.4 is 15.5 Å². The predicted octanol–water partition coefficient (Wildman–Crippen LogP) is 5.08. The van der Waals surface area contributed by atoms with Crippen LogP contribution in [0.2, 0.25) is 0 Å². The van der Waals surface area contributed by atoms with Gasteiger partial charge in [0.05, 0.1) is 30.1 Å². The molecule has 0 aliphatic carbocycles. The second-order valence-corrected chi connectivity index (χ2v) is 6.45. The zero-order valence-corrected chi connectivity index (χ0v) is 15.1. The number of hydrogen-bond donors (Lipinski definition) is 1. The molecule has 0 radical (unpaired) electrons. The number of nitrogens with one attached hydrogen (secondary N) is 1. The Morgan fingerprint density at radius 2 is 2.11 bits per heavy atom. The van der Waals surface area contributed by atoms with Crippen LogP contribution in [0.3, 0.4) is 0 Å². The lowest BCUT2D eigenvalue weighted by molar-refractivity contribution is 0.423. The number of rotatable bonds is 3. The number of ether oxygens (including phenoxy) is 1. The fraction of sp³-hybridized carbons (Fsp3) is 0.0909. The molecular formula is C22H16N2O4. The Bertz CT molecular complexity index is 1340. The summed E-state index contributed by atoms with van der Waals surface area (Å²) >= 11 is 0. The highest BCUT2D eigenvalue weighted by Crippen LogP contribution is 2.40.